The normalized spacial score (nSPS) is 16.7. The Morgan fingerprint density at radius 3 is 2.88 bits per heavy atom. The molecule has 1 aliphatic rings. The fraction of sp³-hybridized carbons (Fsp3) is 0.471. The molecule has 130 valence electrons. The fourth-order valence-electron chi connectivity index (χ4n) is 2.81. The number of thiophene rings is 1. The molecule has 1 fully saturated rings. The Hall–Kier alpha value is -1.83. The summed E-state index contributed by atoms with van der Waals surface area (Å²) < 4.78 is 10.7. The summed E-state index contributed by atoms with van der Waals surface area (Å²) in [5.41, 5.74) is 0. The van der Waals surface area contributed by atoms with Crippen molar-refractivity contribution in [2.24, 2.45) is 0 Å². The highest BCUT2D eigenvalue weighted by Gasteiger charge is 2.24. The summed E-state index contributed by atoms with van der Waals surface area (Å²) in [6.45, 7) is 4.31. The molecule has 1 saturated heterocycles. The van der Waals surface area contributed by atoms with E-state index in [0.29, 0.717) is 13.1 Å². The molecule has 0 aliphatic carbocycles. The Balaban J connectivity index is 1.57. The second kappa shape index (κ2) is 8.32. The molecular formula is C17H23N3O3S. The molecule has 2 aromatic heterocycles. The number of hydrogen-bond donors (Lipinski definition) is 1. The SMILES string of the molecule is CN(Cc1ccco1)C(=O)NCC(c1cccs1)N1CCOCC1. The maximum absolute atomic E-state index is 12.4. The highest BCUT2D eigenvalue weighted by Crippen LogP contribution is 2.25. The Kier molecular flexibility index (Phi) is 5.90. The zero-order valence-electron chi connectivity index (χ0n) is 13.8. The molecule has 3 rings (SSSR count). The van der Waals surface area contributed by atoms with Crippen LogP contribution in [0.4, 0.5) is 4.79 Å². The lowest BCUT2D eigenvalue weighted by Gasteiger charge is -2.34. The van der Waals surface area contributed by atoms with Gasteiger partial charge in [0.2, 0.25) is 0 Å². The van der Waals surface area contributed by atoms with Crippen LogP contribution in [0.2, 0.25) is 0 Å². The van der Waals surface area contributed by atoms with Crippen LogP contribution in [-0.2, 0) is 11.3 Å². The number of amides is 2. The molecule has 0 radical (unpaired) electrons. The van der Waals surface area contributed by atoms with Crippen molar-refractivity contribution in [1.29, 1.82) is 0 Å². The molecule has 0 saturated carbocycles. The minimum absolute atomic E-state index is 0.0961. The minimum Gasteiger partial charge on any atom is -0.467 e. The lowest BCUT2D eigenvalue weighted by atomic mass is 10.2. The maximum atomic E-state index is 12.4. The van der Waals surface area contributed by atoms with Gasteiger partial charge in [-0.15, -0.1) is 11.3 Å². The zero-order valence-corrected chi connectivity index (χ0v) is 14.6. The number of nitrogens with one attached hydrogen (secondary N) is 1. The van der Waals surface area contributed by atoms with E-state index in [9.17, 15) is 4.79 Å². The van der Waals surface area contributed by atoms with Gasteiger partial charge in [-0.05, 0) is 23.6 Å². The van der Waals surface area contributed by atoms with E-state index < -0.39 is 0 Å². The second-order valence-corrected chi connectivity index (χ2v) is 6.78. The van der Waals surface area contributed by atoms with E-state index in [1.54, 1.807) is 29.5 Å². The smallest absolute Gasteiger partial charge is 0.317 e. The first kappa shape index (κ1) is 17.0. The molecule has 0 spiro atoms. The third-order valence-electron chi connectivity index (χ3n) is 4.12. The molecule has 0 bridgehead atoms. The molecule has 6 nitrogen and oxygen atoms in total. The third-order valence-corrected chi connectivity index (χ3v) is 5.10. The van der Waals surface area contributed by atoms with Crippen LogP contribution >= 0.6 is 11.3 Å². The fourth-order valence-corrected chi connectivity index (χ4v) is 3.67. The van der Waals surface area contributed by atoms with Gasteiger partial charge in [0.1, 0.15) is 5.76 Å². The first-order chi connectivity index (χ1) is 11.7. The lowest BCUT2D eigenvalue weighted by molar-refractivity contribution is 0.0172. The van der Waals surface area contributed by atoms with Gasteiger partial charge in [-0.2, -0.15) is 0 Å². The van der Waals surface area contributed by atoms with E-state index in [-0.39, 0.29) is 12.1 Å². The second-order valence-electron chi connectivity index (χ2n) is 5.80. The molecule has 1 N–H and O–H groups in total. The van der Waals surface area contributed by atoms with E-state index in [1.165, 1.54) is 4.88 Å². The number of carbonyl (C=O) groups excluding carboxylic acids is 1. The maximum Gasteiger partial charge on any atom is 0.317 e. The van der Waals surface area contributed by atoms with Crippen LogP contribution in [0.5, 0.6) is 0 Å². The van der Waals surface area contributed by atoms with E-state index in [0.717, 1.165) is 32.1 Å². The largest absolute Gasteiger partial charge is 0.467 e. The van der Waals surface area contributed by atoms with Gasteiger partial charge in [-0.1, -0.05) is 6.07 Å². The average Bonchev–Trinajstić information content (AvgIpc) is 3.30. The summed E-state index contributed by atoms with van der Waals surface area (Å²) in [5, 5.41) is 5.13. The molecule has 1 atom stereocenters. The number of ether oxygens (including phenoxy) is 1. The van der Waals surface area contributed by atoms with Gasteiger partial charge in [0, 0.05) is 31.6 Å². The minimum atomic E-state index is -0.0961. The summed E-state index contributed by atoms with van der Waals surface area (Å²) in [7, 11) is 1.77. The van der Waals surface area contributed by atoms with E-state index in [4.69, 9.17) is 9.15 Å². The van der Waals surface area contributed by atoms with E-state index >= 15 is 0 Å². The van der Waals surface area contributed by atoms with Crippen molar-refractivity contribution in [3.05, 3.63) is 46.5 Å². The van der Waals surface area contributed by atoms with Crippen molar-refractivity contribution in [1.82, 2.24) is 15.1 Å². The Bertz CT molecular complexity index is 609. The molecular weight excluding hydrogens is 326 g/mol. The predicted octanol–water partition coefficient (Wildman–Crippen LogP) is 2.56. The first-order valence-corrected chi connectivity index (χ1v) is 8.98. The predicted molar refractivity (Wildman–Crippen MR) is 93.0 cm³/mol. The first-order valence-electron chi connectivity index (χ1n) is 8.10. The topological polar surface area (TPSA) is 58.0 Å². The van der Waals surface area contributed by atoms with Crippen molar-refractivity contribution in [3.8, 4) is 0 Å². The molecule has 0 aromatic carbocycles. The summed E-state index contributed by atoms with van der Waals surface area (Å²) >= 11 is 1.73. The monoisotopic (exact) mass is 349 g/mol. The number of morpholine rings is 1. The molecule has 3 heterocycles. The number of hydrogen-bond acceptors (Lipinski definition) is 5. The van der Waals surface area contributed by atoms with Crippen molar-refractivity contribution >= 4 is 17.4 Å². The van der Waals surface area contributed by atoms with Crippen LogP contribution in [0.1, 0.15) is 16.7 Å². The van der Waals surface area contributed by atoms with E-state index in [1.807, 2.05) is 12.1 Å². The number of furan rings is 1. The summed E-state index contributed by atoms with van der Waals surface area (Å²) in [5.74, 6) is 0.774. The lowest BCUT2D eigenvalue weighted by Crippen LogP contribution is -2.45. The molecule has 2 amide bonds. The molecule has 1 aliphatic heterocycles. The van der Waals surface area contributed by atoms with Crippen molar-refractivity contribution in [2.45, 2.75) is 12.6 Å². The van der Waals surface area contributed by atoms with Crippen molar-refractivity contribution in [2.75, 3.05) is 39.9 Å². The molecule has 7 heteroatoms. The Morgan fingerprint density at radius 1 is 1.38 bits per heavy atom. The van der Waals surface area contributed by atoms with Gasteiger partial charge in [-0.25, -0.2) is 4.79 Å². The number of urea groups is 1. The molecule has 2 aromatic rings. The van der Waals surface area contributed by atoms with Crippen molar-refractivity contribution < 1.29 is 13.9 Å². The summed E-state index contributed by atoms with van der Waals surface area (Å²) in [6, 6.07) is 7.97. The number of rotatable bonds is 6. The van der Waals surface area contributed by atoms with Gasteiger partial charge in [0.05, 0.1) is 32.1 Å². The summed E-state index contributed by atoms with van der Waals surface area (Å²) in [6.07, 6.45) is 1.62. The Morgan fingerprint density at radius 2 is 2.21 bits per heavy atom. The molecule has 24 heavy (non-hydrogen) atoms. The van der Waals surface area contributed by atoms with Gasteiger partial charge >= 0.3 is 6.03 Å². The van der Waals surface area contributed by atoms with Gasteiger partial charge in [0.25, 0.3) is 0 Å². The molecule has 1 unspecified atom stereocenters. The number of nitrogens with zero attached hydrogens (tertiary/aromatic N) is 2. The third kappa shape index (κ3) is 4.37. The average molecular weight is 349 g/mol. The highest BCUT2D eigenvalue weighted by molar-refractivity contribution is 7.10. The zero-order chi connectivity index (χ0) is 16.8. The van der Waals surface area contributed by atoms with E-state index in [2.05, 4.69) is 27.7 Å². The van der Waals surface area contributed by atoms with Gasteiger partial charge in [-0.3, -0.25) is 4.90 Å². The number of carbonyl (C=O) groups is 1. The summed E-state index contributed by atoms with van der Waals surface area (Å²) in [4.78, 5) is 17.6. The van der Waals surface area contributed by atoms with Crippen LogP contribution in [0.25, 0.3) is 0 Å². The van der Waals surface area contributed by atoms with Crippen molar-refractivity contribution in [3.63, 3.8) is 0 Å². The van der Waals surface area contributed by atoms with Gasteiger partial charge in [0.15, 0.2) is 0 Å². The highest BCUT2D eigenvalue weighted by atomic mass is 32.1. The quantitative estimate of drug-likeness (QED) is 0.871. The Labute approximate surface area is 146 Å². The van der Waals surface area contributed by atoms with Crippen LogP contribution in [0.15, 0.2) is 40.3 Å². The van der Waals surface area contributed by atoms with Crippen LogP contribution in [0.3, 0.4) is 0 Å². The van der Waals surface area contributed by atoms with Crippen LogP contribution < -0.4 is 5.32 Å². The van der Waals surface area contributed by atoms with Gasteiger partial charge < -0.3 is 19.4 Å². The standard InChI is InChI=1S/C17H23N3O3S/c1-19(13-14-4-2-8-23-14)17(21)18-12-15(16-5-3-11-24-16)20-6-9-22-10-7-20/h2-5,8,11,15H,6-7,9-10,12-13H2,1H3,(H,18,21). The van der Waals surface area contributed by atoms with Crippen LogP contribution in [-0.4, -0.2) is 55.7 Å². The van der Waals surface area contributed by atoms with Crippen LogP contribution in [0, 0.1) is 0 Å².